The number of hydrogen-bond donors (Lipinski definition) is 1. The highest BCUT2D eigenvalue weighted by Crippen LogP contribution is 2.20. The fourth-order valence-corrected chi connectivity index (χ4v) is 2.32. The van der Waals surface area contributed by atoms with Crippen LogP contribution in [0, 0.1) is 19.7 Å². The number of halogens is 2. The summed E-state index contributed by atoms with van der Waals surface area (Å²) in [4.78, 5) is 20.4. The third-order valence-corrected chi connectivity index (χ3v) is 3.61. The van der Waals surface area contributed by atoms with Gasteiger partial charge in [0.1, 0.15) is 5.82 Å². The zero-order valence-corrected chi connectivity index (χ0v) is 13.9. The number of rotatable bonds is 5. The van der Waals surface area contributed by atoms with E-state index in [0.29, 0.717) is 23.5 Å². The van der Waals surface area contributed by atoms with Crippen LogP contribution in [0.4, 0.5) is 10.1 Å². The van der Waals surface area contributed by atoms with Crippen LogP contribution >= 0.6 is 11.6 Å². The Balaban J connectivity index is 2.01. The number of nitrogens with one attached hydrogen (secondary N) is 1. The lowest BCUT2D eigenvalue weighted by Gasteiger charge is -2.11. The van der Waals surface area contributed by atoms with E-state index in [1.54, 1.807) is 19.9 Å². The van der Waals surface area contributed by atoms with E-state index in [4.69, 9.17) is 16.3 Å². The SMILES string of the molecule is COc1nc(C)c(NC(=O)CCc2ccc(F)c(Cl)c2)c(C)n1. The fourth-order valence-electron chi connectivity index (χ4n) is 2.11. The number of methoxy groups -OCH3 is 1. The summed E-state index contributed by atoms with van der Waals surface area (Å²) in [6.07, 6.45) is 0.702. The first-order valence-corrected chi connectivity index (χ1v) is 7.41. The van der Waals surface area contributed by atoms with E-state index in [9.17, 15) is 9.18 Å². The van der Waals surface area contributed by atoms with Gasteiger partial charge in [-0.05, 0) is 38.0 Å². The van der Waals surface area contributed by atoms with E-state index in [1.165, 1.54) is 19.2 Å². The average molecular weight is 338 g/mol. The van der Waals surface area contributed by atoms with Gasteiger partial charge in [0.25, 0.3) is 0 Å². The van der Waals surface area contributed by atoms with Crippen LogP contribution in [0.25, 0.3) is 0 Å². The van der Waals surface area contributed by atoms with Crippen LogP contribution in [0.3, 0.4) is 0 Å². The predicted molar refractivity (Wildman–Crippen MR) is 86.4 cm³/mol. The van der Waals surface area contributed by atoms with Gasteiger partial charge in [0.15, 0.2) is 0 Å². The maximum atomic E-state index is 13.1. The number of carbonyl (C=O) groups is 1. The molecule has 1 heterocycles. The molecule has 2 aromatic rings. The molecule has 1 aromatic heterocycles. The molecule has 0 aliphatic carbocycles. The predicted octanol–water partition coefficient (Wildman–Crippen LogP) is 3.47. The van der Waals surface area contributed by atoms with Gasteiger partial charge in [-0.15, -0.1) is 0 Å². The van der Waals surface area contributed by atoms with Crippen LogP contribution in [-0.2, 0) is 11.2 Å². The number of ether oxygens (including phenoxy) is 1. The number of nitrogens with zero attached hydrogens (tertiary/aromatic N) is 2. The van der Waals surface area contributed by atoms with Crippen molar-refractivity contribution in [2.24, 2.45) is 0 Å². The number of carbonyl (C=O) groups excluding carboxylic acids is 1. The molecule has 1 N–H and O–H groups in total. The van der Waals surface area contributed by atoms with Crippen LogP contribution < -0.4 is 10.1 Å². The molecule has 0 aliphatic rings. The van der Waals surface area contributed by atoms with Crippen LogP contribution in [0.1, 0.15) is 23.4 Å². The van der Waals surface area contributed by atoms with Gasteiger partial charge in [0, 0.05) is 6.42 Å². The minimum atomic E-state index is -0.471. The minimum absolute atomic E-state index is 0.0538. The number of amides is 1. The Hall–Kier alpha value is -2.21. The smallest absolute Gasteiger partial charge is 0.316 e. The summed E-state index contributed by atoms with van der Waals surface area (Å²) in [5, 5.41) is 2.85. The number of aromatic nitrogens is 2. The molecule has 0 bridgehead atoms. The van der Waals surface area contributed by atoms with E-state index < -0.39 is 5.82 Å². The molecule has 0 saturated carbocycles. The lowest BCUT2D eigenvalue weighted by Crippen LogP contribution is -2.15. The Morgan fingerprint density at radius 3 is 2.52 bits per heavy atom. The van der Waals surface area contributed by atoms with Gasteiger partial charge in [0.05, 0.1) is 29.2 Å². The van der Waals surface area contributed by atoms with Crippen LogP contribution in [0.15, 0.2) is 18.2 Å². The second-order valence-corrected chi connectivity index (χ2v) is 5.46. The number of aryl methyl sites for hydroxylation is 3. The Labute approximate surface area is 138 Å². The third-order valence-electron chi connectivity index (χ3n) is 3.32. The summed E-state index contributed by atoms with van der Waals surface area (Å²) >= 11 is 5.73. The summed E-state index contributed by atoms with van der Waals surface area (Å²) in [7, 11) is 1.49. The molecule has 1 amide bonds. The van der Waals surface area contributed by atoms with Gasteiger partial charge >= 0.3 is 6.01 Å². The van der Waals surface area contributed by atoms with E-state index >= 15 is 0 Å². The van der Waals surface area contributed by atoms with Crippen LogP contribution in [0.2, 0.25) is 5.02 Å². The Morgan fingerprint density at radius 1 is 1.30 bits per heavy atom. The second kappa shape index (κ2) is 7.37. The number of hydrogen-bond acceptors (Lipinski definition) is 4. The average Bonchev–Trinajstić information content (AvgIpc) is 2.51. The molecule has 0 spiro atoms. The molecule has 7 heteroatoms. The van der Waals surface area contributed by atoms with Crippen LogP contribution in [0.5, 0.6) is 6.01 Å². The molecule has 5 nitrogen and oxygen atoms in total. The molecule has 0 radical (unpaired) electrons. The molecule has 0 atom stereocenters. The third kappa shape index (κ3) is 4.39. The van der Waals surface area contributed by atoms with Crippen molar-refractivity contribution in [2.75, 3.05) is 12.4 Å². The van der Waals surface area contributed by atoms with E-state index in [-0.39, 0.29) is 23.4 Å². The first-order chi connectivity index (χ1) is 10.9. The summed E-state index contributed by atoms with van der Waals surface area (Å²) in [5.41, 5.74) is 2.64. The van der Waals surface area contributed by atoms with Crippen molar-refractivity contribution in [3.8, 4) is 6.01 Å². The minimum Gasteiger partial charge on any atom is -0.467 e. The Morgan fingerprint density at radius 2 is 1.96 bits per heavy atom. The molecule has 0 unspecified atom stereocenters. The van der Waals surface area contributed by atoms with E-state index in [0.717, 1.165) is 5.56 Å². The Kier molecular flexibility index (Phi) is 5.50. The first-order valence-electron chi connectivity index (χ1n) is 7.03. The lowest BCUT2D eigenvalue weighted by molar-refractivity contribution is -0.116. The van der Waals surface area contributed by atoms with Gasteiger partial charge in [-0.2, -0.15) is 9.97 Å². The molecule has 122 valence electrons. The highest BCUT2D eigenvalue weighted by molar-refractivity contribution is 6.30. The molecule has 23 heavy (non-hydrogen) atoms. The van der Waals surface area contributed by atoms with Gasteiger partial charge in [0.2, 0.25) is 5.91 Å². The van der Waals surface area contributed by atoms with Crippen molar-refractivity contribution in [1.82, 2.24) is 9.97 Å². The van der Waals surface area contributed by atoms with Gasteiger partial charge in [-0.1, -0.05) is 17.7 Å². The number of benzene rings is 1. The van der Waals surface area contributed by atoms with E-state index in [1.807, 2.05) is 0 Å². The van der Waals surface area contributed by atoms with Crippen molar-refractivity contribution in [2.45, 2.75) is 26.7 Å². The molecular formula is C16H17ClFN3O2. The molecule has 0 saturated heterocycles. The lowest BCUT2D eigenvalue weighted by atomic mass is 10.1. The normalized spacial score (nSPS) is 10.5. The zero-order chi connectivity index (χ0) is 17.0. The van der Waals surface area contributed by atoms with Gasteiger partial charge in [-0.3, -0.25) is 4.79 Å². The monoisotopic (exact) mass is 337 g/mol. The van der Waals surface area contributed by atoms with Crippen LogP contribution in [-0.4, -0.2) is 23.0 Å². The largest absolute Gasteiger partial charge is 0.467 e. The summed E-state index contributed by atoms with van der Waals surface area (Å²) in [5.74, 6) is -0.646. The van der Waals surface area contributed by atoms with E-state index in [2.05, 4.69) is 15.3 Å². The fraction of sp³-hybridized carbons (Fsp3) is 0.312. The zero-order valence-electron chi connectivity index (χ0n) is 13.1. The van der Waals surface area contributed by atoms with Crippen molar-refractivity contribution in [1.29, 1.82) is 0 Å². The van der Waals surface area contributed by atoms with Crippen molar-refractivity contribution in [3.63, 3.8) is 0 Å². The van der Waals surface area contributed by atoms with Crippen molar-refractivity contribution in [3.05, 3.63) is 46.0 Å². The first kappa shape index (κ1) is 17.1. The standard InChI is InChI=1S/C16H17ClFN3O2/c1-9-15(10(2)20-16(19-9)23-3)21-14(22)7-5-11-4-6-13(18)12(17)8-11/h4,6,8H,5,7H2,1-3H3,(H,21,22). The topological polar surface area (TPSA) is 64.1 Å². The summed E-state index contributed by atoms with van der Waals surface area (Å²) in [6, 6.07) is 4.69. The highest BCUT2D eigenvalue weighted by Gasteiger charge is 2.12. The molecule has 0 fully saturated rings. The van der Waals surface area contributed by atoms with Gasteiger partial charge < -0.3 is 10.1 Å². The molecule has 0 aliphatic heterocycles. The maximum absolute atomic E-state index is 13.1. The maximum Gasteiger partial charge on any atom is 0.316 e. The van der Waals surface area contributed by atoms with Gasteiger partial charge in [-0.25, -0.2) is 4.39 Å². The quantitative estimate of drug-likeness (QED) is 0.907. The highest BCUT2D eigenvalue weighted by atomic mass is 35.5. The second-order valence-electron chi connectivity index (χ2n) is 5.05. The van der Waals surface area contributed by atoms with Crippen molar-refractivity contribution >= 4 is 23.2 Å². The molecule has 2 rings (SSSR count). The Bertz CT molecular complexity index is 714. The number of anilines is 1. The summed E-state index contributed by atoms with van der Waals surface area (Å²) in [6.45, 7) is 3.54. The summed E-state index contributed by atoms with van der Waals surface area (Å²) < 4.78 is 18.1. The van der Waals surface area contributed by atoms with Crippen molar-refractivity contribution < 1.29 is 13.9 Å². The molecule has 1 aromatic carbocycles. The molecular weight excluding hydrogens is 321 g/mol.